The summed E-state index contributed by atoms with van der Waals surface area (Å²) in [4.78, 5) is 29.0. The molecule has 0 aliphatic heterocycles. The van der Waals surface area contributed by atoms with Crippen LogP contribution in [0.15, 0.2) is 65.5 Å². The number of hydrogen-bond donors (Lipinski definition) is 2. The Morgan fingerprint density at radius 1 is 1.04 bits per heavy atom. The van der Waals surface area contributed by atoms with Crippen LogP contribution in [0.25, 0.3) is 11.0 Å². The van der Waals surface area contributed by atoms with Crippen LogP contribution in [0, 0.1) is 0 Å². The largest absolute Gasteiger partial charge is 0.459 e. The summed E-state index contributed by atoms with van der Waals surface area (Å²) in [5, 5.41) is 3.25. The molecule has 3 heterocycles. The SMILES string of the molecule is O=C(Nc1ccc(C(=O)Nn2cnc3ccccc32)s1)c1ccco1. The molecule has 0 saturated carbocycles. The molecule has 7 nitrogen and oxygen atoms in total. The number of fused-ring (bicyclic) bond motifs is 1. The number of nitrogens with zero attached hydrogens (tertiary/aromatic N) is 2. The van der Waals surface area contributed by atoms with Crippen LogP contribution in [-0.4, -0.2) is 21.5 Å². The highest BCUT2D eigenvalue weighted by Crippen LogP contribution is 2.23. The number of hydrogen-bond acceptors (Lipinski definition) is 5. The summed E-state index contributed by atoms with van der Waals surface area (Å²) in [5.41, 5.74) is 4.37. The standard InChI is InChI=1S/C17H12N4O3S/c22-16(13-6-3-9-24-13)19-15-8-7-14(25-15)17(23)20-21-10-18-11-4-1-2-5-12(11)21/h1-10H,(H,19,22)(H,20,23). The minimum atomic E-state index is -0.362. The second kappa shape index (κ2) is 6.25. The highest BCUT2D eigenvalue weighted by atomic mass is 32.1. The molecule has 2 amide bonds. The molecular weight excluding hydrogens is 340 g/mol. The van der Waals surface area contributed by atoms with Gasteiger partial charge in [-0.2, -0.15) is 0 Å². The fourth-order valence-electron chi connectivity index (χ4n) is 2.32. The van der Waals surface area contributed by atoms with Crippen molar-refractivity contribution in [1.29, 1.82) is 0 Å². The Bertz CT molecular complexity index is 1050. The number of carbonyl (C=O) groups is 2. The number of nitrogens with one attached hydrogen (secondary N) is 2. The van der Waals surface area contributed by atoms with Crippen LogP contribution in [0.1, 0.15) is 20.2 Å². The van der Waals surface area contributed by atoms with Gasteiger partial charge in [-0.05, 0) is 36.4 Å². The van der Waals surface area contributed by atoms with Gasteiger partial charge in [0.15, 0.2) is 5.76 Å². The molecule has 8 heteroatoms. The maximum atomic E-state index is 12.4. The number of carbonyl (C=O) groups excluding carboxylic acids is 2. The maximum absolute atomic E-state index is 12.4. The Labute approximate surface area is 145 Å². The number of benzene rings is 1. The molecule has 0 fully saturated rings. The second-order valence-corrected chi connectivity index (χ2v) is 6.22. The maximum Gasteiger partial charge on any atom is 0.291 e. The third-order valence-electron chi connectivity index (χ3n) is 3.49. The summed E-state index contributed by atoms with van der Waals surface area (Å²) in [6, 6.07) is 14.0. The number of thiophene rings is 1. The Hall–Kier alpha value is -3.39. The summed E-state index contributed by atoms with van der Waals surface area (Å²) in [5.74, 6) is -0.435. The summed E-state index contributed by atoms with van der Waals surface area (Å²) >= 11 is 1.17. The fraction of sp³-hybridized carbons (Fsp3) is 0. The van der Waals surface area contributed by atoms with E-state index < -0.39 is 0 Å². The van der Waals surface area contributed by atoms with Crippen LogP contribution in [-0.2, 0) is 0 Å². The predicted molar refractivity (Wildman–Crippen MR) is 94.4 cm³/mol. The van der Waals surface area contributed by atoms with Crippen molar-refractivity contribution in [1.82, 2.24) is 9.66 Å². The van der Waals surface area contributed by atoms with Gasteiger partial charge in [0.05, 0.1) is 27.2 Å². The van der Waals surface area contributed by atoms with Crippen LogP contribution in [0.3, 0.4) is 0 Å². The van der Waals surface area contributed by atoms with Crippen molar-refractivity contribution >= 4 is 39.2 Å². The van der Waals surface area contributed by atoms with E-state index in [1.807, 2.05) is 24.3 Å². The van der Waals surface area contributed by atoms with Crippen molar-refractivity contribution in [3.05, 3.63) is 71.8 Å². The molecule has 0 unspecified atom stereocenters. The van der Waals surface area contributed by atoms with Gasteiger partial charge in [0.25, 0.3) is 11.8 Å². The van der Waals surface area contributed by atoms with E-state index in [2.05, 4.69) is 15.7 Å². The van der Waals surface area contributed by atoms with Gasteiger partial charge in [-0.15, -0.1) is 11.3 Å². The van der Waals surface area contributed by atoms with E-state index in [0.717, 1.165) is 11.0 Å². The first-order chi connectivity index (χ1) is 12.2. The average molecular weight is 352 g/mol. The van der Waals surface area contributed by atoms with Gasteiger partial charge in [0, 0.05) is 0 Å². The number of furan rings is 1. The number of aromatic nitrogens is 2. The van der Waals surface area contributed by atoms with Gasteiger partial charge >= 0.3 is 0 Å². The smallest absolute Gasteiger partial charge is 0.291 e. The van der Waals surface area contributed by atoms with Crippen molar-refractivity contribution in [2.45, 2.75) is 0 Å². The normalized spacial score (nSPS) is 10.7. The molecule has 25 heavy (non-hydrogen) atoms. The molecule has 124 valence electrons. The second-order valence-electron chi connectivity index (χ2n) is 5.14. The van der Waals surface area contributed by atoms with Gasteiger partial charge in [-0.3, -0.25) is 15.0 Å². The predicted octanol–water partition coefficient (Wildman–Crippen LogP) is 3.33. The van der Waals surface area contributed by atoms with Crippen molar-refractivity contribution in [3.63, 3.8) is 0 Å². The Kier molecular flexibility index (Phi) is 3.79. The van der Waals surface area contributed by atoms with Gasteiger partial charge in [-0.1, -0.05) is 12.1 Å². The van der Waals surface area contributed by atoms with Crippen molar-refractivity contribution < 1.29 is 14.0 Å². The third-order valence-corrected chi connectivity index (χ3v) is 4.49. The van der Waals surface area contributed by atoms with Gasteiger partial charge in [0.2, 0.25) is 0 Å². The number of para-hydroxylation sites is 2. The molecule has 4 aromatic rings. The van der Waals surface area contributed by atoms with E-state index >= 15 is 0 Å². The zero-order valence-corrected chi connectivity index (χ0v) is 13.6. The number of imidazole rings is 1. The van der Waals surface area contributed by atoms with Crippen molar-refractivity contribution in [2.75, 3.05) is 10.7 Å². The minimum Gasteiger partial charge on any atom is -0.459 e. The lowest BCUT2D eigenvalue weighted by Gasteiger charge is -2.05. The molecule has 0 atom stereocenters. The Balaban J connectivity index is 1.48. The first kappa shape index (κ1) is 15.2. The van der Waals surface area contributed by atoms with E-state index in [1.54, 1.807) is 35.3 Å². The molecule has 0 aliphatic rings. The van der Waals surface area contributed by atoms with Crippen LogP contribution in [0.4, 0.5) is 5.00 Å². The van der Waals surface area contributed by atoms with Crippen LogP contribution in [0.5, 0.6) is 0 Å². The molecular formula is C17H12N4O3S. The van der Waals surface area contributed by atoms with Crippen LogP contribution < -0.4 is 10.7 Å². The Morgan fingerprint density at radius 3 is 2.76 bits per heavy atom. The van der Waals surface area contributed by atoms with E-state index in [9.17, 15) is 9.59 Å². The molecule has 1 aromatic carbocycles. The Morgan fingerprint density at radius 2 is 1.92 bits per heavy atom. The van der Waals surface area contributed by atoms with E-state index in [1.165, 1.54) is 17.6 Å². The first-order valence-electron chi connectivity index (χ1n) is 7.39. The molecule has 0 bridgehead atoms. The molecule has 3 aromatic heterocycles. The fourth-order valence-corrected chi connectivity index (χ4v) is 3.11. The van der Waals surface area contributed by atoms with Gasteiger partial charge < -0.3 is 9.73 Å². The van der Waals surface area contributed by atoms with Crippen LogP contribution in [0.2, 0.25) is 0 Å². The number of amides is 2. The third kappa shape index (κ3) is 3.02. The highest BCUT2D eigenvalue weighted by molar-refractivity contribution is 7.18. The summed E-state index contributed by atoms with van der Waals surface area (Å²) in [6.07, 6.45) is 2.98. The average Bonchev–Trinajstić information content (AvgIpc) is 3.36. The van der Waals surface area contributed by atoms with Crippen LogP contribution >= 0.6 is 11.3 Å². The topological polar surface area (TPSA) is 89.2 Å². The molecule has 0 aliphatic carbocycles. The molecule has 0 radical (unpaired) electrons. The van der Waals surface area contributed by atoms with E-state index in [4.69, 9.17) is 4.42 Å². The highest BCUT2D eigenvalue weighted by Gasteiger charge is 2.14. The minimum absolute atomic E-state index is 0.212. The van der Waals surface area contributed by atoms with Crippen molar-refractivity contribution in [3.8, 4) is 0 Å². The lowest BCUT2D eigenvalue weighted by molar-refractivity contribution is 0.0993. The molecule has 2 N–H and O–H groups in total. The quantitative estimate of drug-likeness (QED) is 0.589. The molecule has 0 spiro atoms. The van der Waals surface area contributed by atoms with E-state index in [0.29, 0.717) is 9.88 Å². The lowest BCUT2D eigenvalue weighted by Crippen LogP contribution is -2.21. The lowest BCUT2D eigenvalue weighted by atomic mass is 10.3. The zero-order chi connectivity index (χ0) is 17.2. The van der Waals surface area contributed by atoms with E-state index in [-0.39, 0.29) is 17.6 Å². The summed E-state index contributed by atoms with van der Waals surface area (Å²) < 4.78 is 6.60. The number of rotatable bonds is 4. The monoisotopic (exact) mass is 352 g/mol. The first-order valence-corrected chi connectivity index (χ1v) is 8.20. The van der Waals surface area contributed by atoms with Gasteiger partial charge in [-0.25, -0.2) is 9.66 Å². The summed E-state index contributed by atoms with van der Waals surface area (Å²) in [7, 11) is 0. The number of anilines is 1. The van der Waals surface area contributed by atoms with Gasteiger partial charge in [0.1, 0.15) is 6.33 Å². The summed E-state index contributed by atoms with van der Waals surface area (Å²) in [6.45, 7) is 0. The van der Waals surface area contributed by atoms with Crippen molar-refractivity contribution in [2.24, 2.45) is 0 Å². The molecule has 4 rings (SSSR count). The molecule has 0 saturated heterocycles. The zero-order valence-electron chi connectivity index (χ0n) is 12.8.